The highest BCUT2D eigenvalue weighted by Crippen LogP contribution is 2.40. The summed E-state index contributed by atoms with van der Waals surface area (Å²) in [6.07, 6.45) is 8.03. The van der Waals surface area contributed by atoms with Crippen molar-refractivity contribution in [1.82, 2.24) is 0 Å². The van der Waals surface area contributed by atoms with Crippen LogP contribution in [-0.2, 0) is 0 Å². The molecule has 0 radical (unpaired) electrons. The highest BCUT2D eigenvalue weighted by atomic mass is 16.5. The zero-order chi connectivity index (χ0) is 11.7. The van der Waals surface area contributed by atoms with Gasteiger partial charge in [0.05, 0.1) is 6.61 Å². The molecule has 0 bridgehead atoms. The first-order valence-electron chi connectivity index (χ1n) is 7.15. The molecule has 3 rings (SSSR count). The normalized spacial score (nSPS) is 24.4. The molecule has 1 nitrogen and oxygen atoms in total. The Bertz CT molecular complexity index is 391. The third-order valence-corrected chi connectivity index (χ3v) is 4.52. The van der Waals surface area contributed by atoms with E-state index in [1.165, 1.54) is 44.1 Å². The van der Waals surface area contributed by atoms with Crippen LogP contribution in [0.25, 0.3) is 0 Å². The summed E-state index contributed by atoms with van der Waals surface area (Å²) in [5.74, 6) is 2.68. The van der Waals surface area contributed by atoms with Crippen LogP contribution in [0.1, 0.15) is 68.4 Å². The molecule has 0 aromatic heterocycles. The summed E-state index contributed by atoms with van der Waals surface area (Å²) < 4.78 is 5.77. The van der Waals surface area contributed by atoms with Crippen LogP contribution in [-0.4, -0.2) is 6.61 Å². The number of benzene rings is 1. The SMILES string of the molecule is CCC1CCOc2ccc(C3CCCC3)cc21. The Morgan fingerprint density at radius 2 is 2.00 bits per heavy atom. The molecule has 92 valence electrons. The molecule has 2 aliphatic rings. The van der Waals surface area contributed by atoms with E-state index in [1.54, 1.807) is 5.56 Å². The van der Waals surface area contributed by atoms with Gasteiger partial charge in [-0.2, -0.15) is 0 Å². The molecule has 1 heterocycles. The summed E-state index contributed by atoms with van der Waals surface area (Å²) in [6, 6.07) is 6.95. The van der Waals surface area contributed by atoms with Crippen molar-refractivity contribution < 1.29 is 4.74 Å². The third-order valence-electron chi connectivity index (χ3n) is 4.52. The summed E-state index contributed by atoms with van der Waals surface area (Å²) in [7, 11) is 0. The van der Waals surface area contributed by atoms with Crippen LogP contribution in [0.5, 0.6) is 5.75 Å². The molecule has 1 aromatic carbocycles. The molecule has 1 aliphatic heterocycles. The van der Waals surface area contributed by atoms with Crippen LogP contribution in [0, 0.1) is 0 Å². The number of fused-ring (bicyclic) bond motifs is 1. The lowest BCUT2D eigenvalue weighted by molar-refractivity contribution is 0.265. The van der Waals surface area contributed by atoms with E-state index in [0.29, 0.717) is 0 Å². The molecule has 1 saturated carbocycles. The minimum Gasteiger partial charge on any atom is -0.493 e. The van der Waals surface area contributed by atoms with Gasteiger partial charge in [-0.15, -0.1) is 0 Å². The Morgan fingerprint density at radius 3 is 2.76 bits per heavy atom. The molecule has 1 fully saturated rings. The highest BCUT2D eigenvalue weighted by Gasteiger charge is 2.23. The predicted molar refractivity (Wildman–Crippen MR) is 70.8 cm³/mol. The fraction of sp³-hybridized carbons (Fsp3) is 0.625. The van der Waals surface area contributed by atoms with Crippen molar-refractivity contribution >= 4 is 0 Å². The largest absolute Gasteiger partial charge is 0.493 e. The second-order valence-electron chi connectivity index (χ2n) is 5.52. The average molecular weight is 230 g/mol. The van der Waals surface area contributed by atoms with Gasteiger partial charge in [-0.25, -0.2) is 0 Å². The van der Waals surface area contributed by atoms with E-state index >= 15 is 0 Å². The first-order valence-corrected chi connectivity index (χ1v) is 7.15. The fourth-order valence-electron chi connectivity index (χ4n) is 3.42. The summed E-state index contributed by atoms with van der Waals surface area (Å²) in [5.41, 5.74) is 3.04. The summed E-state index contributed by atoms with van der Waals surface area (Å²) >= 11 is 0. The van der Waals surface area contributed by atoms with E-state index in [-0.39, 0.29) is 0 Å². The van der Waals surface area contributed by atoms with Crippen molar-refractivity contribution in [2.75, 3.05) is 6.61 Å². The molecule has 0 saturated heterocycles. The van der Waals surface area contributed by atoms with Gasteiger partial charge in [0.25, 0.3) is 0 Å². The van der Waals surface area contributed by atoms with E-state index in [9.17, 15) is 0 Å². The van der Waals surface area contributed by atoms with Crippen LogP contribution in [0.4, 0.5) is 0 Å². The molecular formula is C16H22O. The Labute approximate surface area is 104 Å². The molecular weight excluding hydrogens is 208 g/mol. The zero-order valence-electron chi connectivity index (χ0n) is 10.7. The Kier molecular flexibility index (Phi) is 3.09. The lowest BCUT2D eigenvalue weighted by Gasteiger charge is -2.26. The quantitative estimate of drug-likeness (QED) is 0.720. The molecule has 1 heteroatoms. The van der Waals surface area contributed by atoms with Crippen molar-refractivity contribution in [3.05, 3.63) is 29.3 Å². The van der Waals surface area contributed by atoms with Gasteiger partial charge in [-0.1, -0.05) is 31.9 Å². The molecule has 1 aliphatic carbocycles. The van der Waals surface area contributed by atoms with Gasteiger partial charge in [0.2, 0.25) is 0 Å². The summed E-state index contributed by atoms with van der Waals surface area (Å²) in [5, 5.41) is 0. The fourth-order valence-corrected chi connectivity index (χ4v) is 3.42. The van der Waals surface area contributed by atoms with Crippen LogP contribution in [0.2, 0.25) is 0 Å². The molecule has 1 aromatic rings. The number of ether oxygens (including phenoxy) is 1. The van der Waals surface area contributed by atoms with Gasteiger partial charge in [-0.3, -0.25) is 0 Å². The summed E-state index contributed by atoms with van der Waals surface area (Å²) in [4.78, 5) is 0. The van der Waals surface area contributed by atoms with E-state index in [2.05, 4.69) is 25.1 Å². The number of hydrogen-bond donors (Lipinski definition) is 0. The van der Waals surface area contributed by atoms with Crippen LogP contribution >= 0.6 is 0 Å². The standard InChI is InChI=1S/C16H22O/c1-2-12-9-10-17-16-8-7-14(11-15(12)16)13-5-3-4-6-13/h7-8,11-13H,2-6,9-10H2,1H3. The minimum atomic E-state index is 0.722. The van der Waals surface area contributed by atoms with E-state index in [4.69, 9.17) is 4.74 Å². The van der Waals surface area contributed by atoms with E-state index in [1.807, 2.05) is 0 Å². The smallest absolute Gasteiger partial charge is 0.122 e. The lowest BCUT2D eigenvalue weighted by Crippen LogP contribution is -2.14. The topological polar surface area (TPSA) is 9.23 Å². The minimum absolute atomic E-state index is 0.722. The molecule has 0 N–H and O–H groups in total. The third kappa shape index (κ3) is 2.08. The number of rotatable bonds is 2. The van der Waals surface area contributed by atoms with Gasteiger partial charge in [0.1, 0.15) is 5.75 Å². The number of hydrogen-bond acceptors (Lipinski definition) is 1. The Hall–Kier alpha value is -0.980. The van der Waals surface area contributed by atoms with E-state index < -0.39 is 0 Å². The first-order chi connectivity index (χ1) is 8.38. The van der Waals surface area contributed by atoms with Gasteiger partial charge in [0, 0.05) is 0 Å². The maximum Gasteiger partial charge on any atom is 0.122 e. The average Bonchev–Trinajstić information content (AvgIpc) is 2.91. The van der Waals surface area contributed by atoms with Crippen molar-refractivity contribution in [2.24, 2.45) is 0 Å². The van der Waals surface area contributed by atoms with Gasteiger partial charge in [-0.05, 0) is 54.7 Å². The molecule has 0 spiro atoms. The van der Waals surface area contributed by atoms with Crippen LogP contribution < -0.4 is 4.74 Å². The molecule has 1 atom stereocenters. The molecule has 0 amide bonds. The maximum atomic E-state index is 5.77. The van der Waals surface area contributed by atoms with Gasteiger partial charge < -0.3 is 4.74 Å². The van der Waals surface area contributed by atoms with E-state index in [0.717, 1.165) is 24.2 Å². The van der Waals surface area contributed by atoms with Gasteiger partial charge >= 0.3 is 0 Å². The monoisotopic (exact) mass is 230 g/mol. The second-order valence-corrected chi connectivity index (χ2v) is 5.52. The zero-order valence-corrected chi connectivity index (χ0v) is 10.7. The van der Waals surface area contributed by atoms with Crippen molar-refractivity contribution in [3.63, 3.8) is 0 Å². The lowest BCUT2D eigenvalue weighted by atomic mass is 9.87. The molecule has 1 unspecified atom stereocenters. The van der Waals surface area contributed by atoms with Crippen LogP contribution in [0.15, 0.2) is 18.2 Å². The van der Waals surface area contributed by atoms with Crippen molar-refractivity contribution in [2.45, 2.75) is 57.3 Å². The molecule has 17 heavy (non-hydrogen) atoms. The predicted octanol–water partition coefficient (Wildman–Crippen LogP) is 4.62. The Balaban J connectivity index is 1.92. The van der Waals surface area contributed by atoms with Crippen molar-refractivity contribution in [3.8, 4) is 5.75 Å². The maximum absolute atomic E-state index is 5.77. The summed E-state index contributed by atoms with van der Waals surface area (Å²) in [6.45, 7) is 3.19. The second kappa shape index (κ2) is 4.72. The van der Waals surface area contributed by atoms with Gasteiger partial charge in [0.15, 0.2) is 0 Å². The van der Waals surface area contributed by atoms with Crippen molar-refractivity contribution in [1.29, 1.82) is 0 Å². The Morgan fingerprint density at radius 1 is 1.18 bits per heavy atom. The highest BCUT2D eigenvalue weighted by molar-refractivity contribution is 5.42. The van der Waals surface area contributed by atoms with Crippen LogP contribution in [0.3, 0.4) is 0 Å². The first kappa shape index (κ1) is 11.1.